The number of benzene rings is 2. The first-order chi connectivity index (χ1) is 12.5. The van der Waals surface area contributed by atoms with Gasteiger partial charge in [-0.1, -0.05) is 18.2 Å². The molecule has 1 N–H and O–H groups in total. The molecular formula is C21H23FN2O2. The van der Waals surface area contributed by atoms with Crippen molar-refractivity contribution in [3.63, 3.8) is 0 Å². The zero-order chi connectivity index (χ0) is 18.5. The minimum absolute atomic E-state index is 0.0120. The van der Waals surface area contributed by atoms with E-state index in [1.807, 2.05) is 37.3 Å². The predicted octanol–water partition coefficient (Wildman–Crippen LogP) is 4.09. The monoisotopic (exact) mass is 354 g/mol. The summed E-state index contributed by atoms with van der Waals surface area (Å²) < 4.78 is 19.2. The normalized spacial score (nSPS) is 10.9. The summed E-state index contributed by atoms with van der Waals surface area (Å²) in [6.07, 6.45) is 1.00. The van der Waals surface area contributed by atoms with Gasteiger partial charge < -0.3 is 14.6 Å². The molecule has 0 spiro atoms. The maximum absolute atomic E-state index is 13.5. The Bertz CT molecular complexity index is 890. The molecule has 0 bridgehead atoms. The number of nitrogens with zero attached hydrogens (tertiary/aromatic N) is 1. The number of aromatic amines is 1. The molecule has 0 aliphatic carbocycles. The topological polar surface area (TPSA) is 45.3 Å². The molecule has 1 aromatic heterocycles. The predicted molar refractivity (Wildman–Crippen MR) is 101 cm³/mol. The maximum Gasteiger partial charge on any atom is 0.226 e. The quantitative estimate of drug-likeness (QED) is 0.650. The molecule has 26 heavy (non-hydrogen) atoms. The molecule has 1 amide bonds. The minimum atomic E-state index is -0.295. The molecule has 0 aliphatic heterocycles. The summed E-state index contributed by atoms with van der Waals surface area (Å²) in [6.45, 7) is 3.08. The van der Waals surface area contributed by atoms with Gasteiger partial charge in [-0.25, -0.2) is 4.39 Å². The molecule has 5 heteroatoms. The van der Waals surface area contributed by atoms with Crippen LogP contribution < -0.4 is 4.74 Å². The number of rotatable bonds is 7. The van der Waals surface area contributed by atoms with Gasteiger partial charge in [0.15, 0.2) is 0 Å². The van der Waals surface area contributed by atoms with Crippen LogP contribution in [0.25, 0.3) is 10.9 Å². The number of hydrogen-bond acceptors (Lipinski definition) is 2. The highest BCUT2D eigenvalue weighted by molar-refractivity contribution is 5.90. The third kappa shape index (κ3) is 4.23. The summed E-state index contributed by atoms with van der Waals surface area (Å²) in [5.41, 5.74) is 2.61. The van der Waals surface area contributed by atoms with E-state index in [1.165, 1.54) is 12.1 Å². The molecule has 2 aromatic carbocycles. The van der Waals surface area contributed by atoms with Crippen molar-refractivity contribution in [3.05, 3.63) is 65.6 Å². The van der Waals surface area contributed by atoms with E-state index in [1.54, 1.807) is 18.0 Å². The van der Waals surface area contributed by atoms with Gasteiger partial charge in [0.05, 0.1) is 13.0 Å². The molecular weight excluding hydrogens is 331 g/mol. The van der Waals surface area contributed by atoms with E-state index in [-0.39, 0.29) is 18.1 Å². The first-order valence-electron chi connectivity index (χ1n) is 8.73. The molecule has 0 aliphatic rings. The molecule has 0 atom stereocenters. The summed E-state index contributed by atoms with van der Waals surface area (Å²) >= 11 is 0. The number of aromatic nitrogens is 1. The molecule has 0 unspecified atom stereocenters. The van der Waals surface area contributed by atoms with Crippen molar-refractivity contribution in [1.82, 2.24) is 9.88 Å². The lowest BCUT2D eigenvalue weighted by molar-refractivity contribution is -0.129. The van der Waals surface area contributed by atoms with Crippen molar-refractivity contribution < 1.29 is 13.9 Å². The van der Waals surface area contributed by atoms with Crippen LogP contribution in [0.3, 0.4) is 0 Å². The van der Waals surface area contributed by atoms with Crippen molar-refractivity contribution >= 4 is 16.8 Å². The van der Waals surface area contributed by atoms with Gasteiger partial charge in [0.25, 0.3) is 0 Å². The van der Waals surface area contributed by atoms with Crippen LogP contribution in [0.2, 0.25) is 0 Å². The van der Waals surface area contributed by atoms with E-state index in [0.717, 1.165) is 34.3 Å². The minimum Gasteiger partial charge on any atom is -0.494 e. The van der Waals surface area contributed by atoms with Crippen LogP contribution in [0.15, 0.2) is 48.5 Å². The van der Waals surface area contributed by atoms with E-state index in [0.29, 0.717) is 13.2 Å². The maximum atomic E-state index is 13.5. The summed E-state index contributed by atoms with van der Waals surface area (Å²) in [5, 5.41) is 0.775. The van der Waals surface area contributed by atoms with Gasteiger partial charge in [0.1, 0.15) is 11.6 Å². The number of carbonyl (C=O) groups is 1. The Kier molecular flexibility index (Phi) is 5.56. The van der Waals surface area contributed by atoms with Crippen LogP contribution in [-0.4, -0.2) is 36.0 Å². The van der Waals surface area contributed by atoms with Crippen molar-refractivity contribution in [2.45, 2.75) is 19.8 Å². The summed E-state index contributed by atoms with van der Waals surface area (Å²) in [4.78, 5) is 17.4. The summed E-state index contributed by atoms with van der Waals surface area (Å²) in [5.74, 6) is 0.549. The van der Waals surface area contributed by atoms with Crippen LogP contribution in [0, 0.1) is 12.7 Å². The van der Waals surface area contributed by atoms with Gasteiger partial charge in [-0.3, -0.25) is 4.79 Å². The van der Waals surface area contributed by atoms with Gasteiger partial charge in [-0.2, -0.15) is 0 Å². The number of hydrogen-bond donors (Lipinski definition) is 1. The number of fused-ring (bicyclic) bond motifs is 1. The molecule has 4 nitrogen and oxygen atoms in total. The highest BCUT2D eigenvalue weighted by Gasteiger charge is 2.16. The Hall–Kier alpha value is -2.82. The average molecular weight is 354 g/mol. The van der Waals surface area contributed by atoms with E-state index in [9.17, 15) is 9.18 Å². The molecule has 3 aromatic rings. The third-order valence-corrected chi connectivity index (χ3v) is 4.49. The Balaban J connectivity index is 1.54. The molecule has 136 valence electrons. The van der Waals surface area contributed by atoms with E-state index in [2.05, 4.69) is 4.98 Å². The van der Waals surface area contributed by atoms with Crippen LogP contribution in [0.1, 0.15) is 17.7 Å². The fraction of sp³-hybridized carbons (Fsp3) is 0.286. The lowest BCUT2D eigenvalue weighted by Crippen LogP contribution is -2.30. The largest absolute Gasteiger partial charge is 0.494 e. The third-order valence-electron chi connectivity index (χ3n) is 4.49. The average Bonchev–Trinajstić information content (AvgIpc) is 2.94. The summed E-state index contributed by atoms with van der Waals surface area (Å²) in [7, 11) is 1.79. The number of carbonyl (C=O) groups excluding carboxylic acids is 1. The van der Waals surface area contributed by atoms with Gasteiger partial charge in [0, 0.05) is 30.2 Å². The van der Waals surface area contributed by atoms with Gasteiger partial charge in [-0.05, 0) is 49.2 Å². The molecule has 3 rings (SSSR count). The number of H-pyrrole nitrogens is 1. The number of halogens is 1. The summed E-state index contributed by atoms with van der Waals surface area (Å²) in [6, 6.07) is 14.2. The highest BCUT2D eigenvalue weighted by Crippen LogP contribution is 2.24. The lowest BCUT2D eigenvalue weighted by atomic mass is 10.1. The van der Waals surface area contributed by atoms with E-state index < -0.39 is 0 Å². The fourth-order valence-electron chi connectivity index (χ4n) is 3.00. The zero-order valence-electron chi connectivity index (χ0n) is 15.1. The van der Waals surface area contributed by atoms with Crippen LogP contribution in [0.4, 0.5) is 4.39 Å². The smallest absolute Gasteiger partial charge is 0.226 e. The Morgan fingerprint density at radius 2 is 1.96 bits per heavy atom. The van der Waals surface area contributed by atoms with Crippen LogP contribution in [-0.2, 0) is 11.2 Å². The lowest BCUT2D eigenvalue weighted by Gasteiger charge is -2.17. The number of ether oxygens (including phenoxy) is 1. The second-order valence-electron chi connectivity index (χ2n) is 6.43. The Morgan fingerprint density at radius 1 is 1.19 bits per heavy atom. The standard InChI is InChI=1S/C21H23FN2O2/c1-15-18(19-13-16(22)9-10-20(19)23-15)14-21(25)24(2)11-6-12-26-17-7-4-3-5-8-17/h3-5,7-10,13,23H,6,11-12,14H2,1-2H3. The number of para-hydroxylation sites is 1. The Labute approximate surface area is 152 Å². The number of amides is 1. The number of likely N-dealkylation sites (N-methyl/N-ethyl adjacent to an activating group) is 1. The highest BCUT2D eigenvalue weighted by atomic mass is 19.1. The van der Waals surface area contributed by atoms with Gasteiger partial charge in [0.2, 0.25) is 5.91 Å². The Morgan fingerprint density at radius 3 is 2.73 bits per heavy atom. The van der Waals surface area contributed by atoms with E-state index in [4.69, 9.17) is 4.74 Å². The van der Waals surface area contributed by atoms with Gasteiger partial charge in [-0.15, -0.1) is 0 Å². The molecule has 0 saturated heterocycles. The first-order valence-corrected chi connectivity index (χ1v) is 8.73. The van der Waals surface area contributed by atoms with Crippen LogP contribution >= 0.6 is 0 Å². The van der Waals surface area contributed by atoms with Crippen molar-refractivity contribution in [1.29, 1.82) is 0 Å². The second kappa shape index (κ2) is 8.04. The zero-order valence-corrected chi connectivity index (χ0v) is 15.1. The van der Waals surface area contributed by atoms with Crippen molar-refractivity contribution in [2.24, 2.45) is 0 Å². The van der Waals surface area contributed by atoms with Gasteiger partial charge >= 0.3 is 0 Å². The molecule has 1 heterocycles. The molecule has 0 fully saturated rings. The SMILES string of the molecule is Cc1[nH]c2ccc(F)cc2c1CC(=O)N(C)CCCOc1ccccc1. The second-order valence-corrected chi connectivity index (χ2v) is 6.43. The number of aryl methyl sites for hydroxylation is 1. The first kappa shape index (κ1) is 18.0. The van der Waals surface area contributed by atoms with Crippen molar-refractivity contribution in [3.8, 4) is 5.75 Å². The fourth-order valence-corrected chi connectivity index (χ4v) is 3.00. The number of nitrogens with one attached hydrogen (secondary N) is 1. The van der Waals surface area contributed by atoms with Crippen LogP contribution in [0.5, 0.6) is 5.75 Å². The van der Waals surface area contributed by atoms with E-state index >= 15 is 0 Å². The molecule has 0 radical (unpaired) electrons. The van der Waals surface area contributed by atoms with Crippen molar-refractivity contribution in [2.75, 3.05) is 20.2 Å². The molecule has 0 saturated carbocycles.